The van der Waals surface area contributed by atoms with Gasteiger partial charge in [-0.25, -0.2) is 0 Å². The van der Waals surface area contributed by atoms with Crippen molar-refractivity contribution in [1.82, 2.24) is 24.5 Å². The Labute approximate surface area is 189 Å². The number of nitrogens with zero attached hydrogens (tertiary/aromatic N) is 5. The van der Waals surface area contributed by atoms with Crippen LogP contribution in [0, 0.1) is 6.92 Å². The van der Waals surface area contributed by atoms with E-state index in [-0.39, 0.29) is 30.8 Å². The number of hydrogen-bond donors (Lipinski definition) is 0. The number of fused-ring (bicyclic) bond motifs is 1. The first-order valence-corrected chi connectivity index (χ1v) is 10.1. The number of carbonyl (C=O) groups excluding carboxylic acids is 1. The van der Waals surface area contributed by atoms with Crippen LogP contribution in [0.4, 0.5) is 26.3 Å². The van der Waals surface area contributed by atoms with Crippen LogP contribution < -0.4 is 4.74 Å². The zero-order chi connectivity index (χ0) is 25.0. The molecule has 0 saturated carbocycles. The predicted octanol–water partition coefficient (Wildman–Crippen LogP) is 4.24. The largest absolute Gasteiger partial charge is 0.573 e. The summed E-state index contributed by atoms with van der Waals surface area (Å²) in [7, 11) is 2.96. The number of aryl methyl sites for hydroxylation is 3. The van der Waals surface area contributed by atoms with Crippen LogP contribution in [0.5, 0.6) is 5.75 Å². The Balaban J connectivity index is 1.65. The molecule has 1 aliphatic heterocycles. The second kappa shape index (κ2) is 8.06. The Morgan fingerprint density at radius 3 is 2.35 bits per heavy atom. The van der Waals surface area contributed by atoms with Gasteiger partial charge in [-0.3, -0.25) is 14.2 Å². The highest BCUT2D eigenvalue weighted by molar-refractivity contribution is 5.97. The van der Waals surface area contributed by atoms with Crippen LogP contribution in [0.2, 0.25) is 0 Å². The molecule has 7 nitrogen and oxygen atoms in total. The number of aromatic nitrogens is 4. The molecular weight excluding hydrogens is 468 g/mol. The van der Waals surface area contributed by atoms with E-state index in [0.29, 0.717) is 22.5 Å². The van der Waals surface area contributed by atoms with E-state index in [9.17, 15) is 31.1 Å². The number of halogens is 6. The van der Waals surface area contributed by atoms with E-state index in [0.717, 1.165) is 16.8 Å². The van der Waals surface area contributed by atoms with E-state index < -0.39 is 29.9 Å². The molecule has 0 bridgehead atoms. The lowest BCUT2D eigenvalue weighted by atomic mass is 10.0. The molecule has 0 atom stereocenters. The van der Waals surface area contributed by atoms with Gasteiger partial charge < -0.3 is 9.64 Å². The van der Waals surface area contributed by atoms with Crippen LogP contribution in [0.25, 0.3) is 11.4 Å². The SMILES string of the molecule is Cc1ccc(C(=O)N2CCc3c(nn(C)c3-c3cc(C(F)(F)F)nn3C)C2)c(OC(F)(F)F)c1. The van der Waals surface area contributed by atoms with E-state index >= 15 is 0 Å². The van der Waals surface area contributed by atoms with Crippen molar-refractivity contribution in [1.29, 1.82) is 0 Å². The zero-order valence-corrected chi connectivity index (χ0v) is 18.3. The minimum absolute atomic E-state index is 0.0225. The fourth-order valence-electron chi connectivity index (χ4n) is 4.03. The molecule has 0 saturated heterocycles. The van der Waals surface area contributed by atoms with E-state index in [1.807, 2.05) is 0 Å². The van der Waals surface area contributed by atoms with Gasteiger partial charge in [-0.15, -0.1) is 13.2 Å². The summed E-state index contributed by atoms with van der Waals surface area (Å²) in [5.41, 5.74) is 0.941. The molecule has 2 aromatic heterocycles. The highest BCUT2D eigenvalue weighted by Gasteiger charge is 2.37. The van der Waals surface area contributed by atoms with Gasteiger partial charge in [-0.2, -0.15) is 23.4 Å². The van der Waals surface area contributed by atoms with Crippen molar-refractivity contribution in [3.8, 4) is 17.1 Å². The number of alkyl halides is 6. The lowest BCUT2D eigenvalue weighted by Gasteiger charge is -2.27. The third-order valence-corrected chi connectivity index (χ3v) is 5.49. The average Bonchev–Trinajstić information content (AvgIpc) is 3.24. The summed E-state index contributed by atoms with van der Waals surface area (Å²) in [6.45, 7) is 1.68. The number of rotatable bonds is 3. The van der Waals surface area contributed by atoms with E-state index in [2.05, 4.69) is 14.9 Å². The van der Waals surface area contributed by atoms with Crippen molar-refractivity contribution in [2.75, 3.05) is 6.54 Å². The van der Waals surface area contributed by atoms with Crippen LogP contribution in [-0.4, -0.2) is 43.3 Å². The van der Waals surface area contributed by atoms with Gasteiger partial charge in [0.05, 0.1) is 29.2 Å². The maximum Gasteiger partial charge on any atom is 0.573 e. The van der Waals surface area contributed by atoms with Crippen molar-refractivity contribution < 1.29 is 35.9 Å². The highest BCUT2D eigenvalue weighted by Crippen LogP contribution is 2.35. The summed E-state index contributed by atoms with van der Waals surface area (Å²) in [5.74, 6) is -1.27. The summed E-state index contributed by atoms with van der Waals surface area (Å²) in [6.07, 6.45) is -9.33. The first-order chi connectivity index (χ1) is 15.7. The fraction of sp³-hybridized carbons (Fsp3) is 0.381. The number of benzene rings is 1. The summed E-state index contributed by atoms with van der Waals surface area (Å²) in [6, 6.07) is 4.84. The van der Waals surface area contributed by atoms with Gasteiger partial charge in [0, 0.05) is 26.2 Å². The molecule has 1 aliphatic rings. The Bertz CT molecular complexity index is 1260. The first-order valence-electron chi connectivity index (χ1n) is 10.1. The minimum Gasteiger partial charge on any atom is -0.405 e. The van der Waals surface area contributed by atoms with Gasteiger partial charge in [0.15, 0.2) is 5.69 Å². The second-order valence-corrected chi connectivity index (χ2v) is 7.96. The molecule has 1 amide bonds. The third-order valence-electron chi connectivity index (χ3n) is 5.49. The minimum atomic E-state index is -4.97. The second-order valence-electron chi connectivity index (χ2n) is 7.96. The number of carbonyl (C=O) groups is 1. The topological polar surface area (TPSA) is 65.2 Å². The molecule has 0 aliphatic carbocycles. The Kier molecular flexibility index (Phi) is 5.61. The summed E-state index contributed by atoms with van der Waals surface area (Å²) in [4.78, 5) is 14.4. The van der Waals surface area contributed by atoms with Crippen LogP contribution in [0.1, 0.15) is 32.9 Å². The summed E-state index contributed by atoms with van der Waals surface area (Å²) >= 11 is 0. The highest BCUT2D eigenvalue weighted by atomic mass is 19.4. The van der Waals surface area contributed by atoms with Gasteiger partial charge in [-0.05, 0) is 37.1 Å². The number of ether oxygens (including phenoxy) is 1. The maximum absolute atomic E-state index is 13.1. The molecule has 34 heavy (non-hydrogen) atoms. The lowest BCUT2D eigenvalue weighted by Crippen LogP contribution is -2.36. The van der Waals surface area contributed by atoms with Crippen LogP contribution in [0.3, 0.4) is 0 Å². The van der Waals surface area contributed by atoms with Crippen molar-refractivity contribution in [3.63, 3.8) is 0 Å². The lowest BCUT2D eigenvalue weighted by molar-refractivity contribution is -0.274. The molecule has 3 heterocycles. The molecule has 0 spiro atoms. The van der Waals surface area contributed by atoms with Crippen molar-refractivity contribution >= 4 is 5.91 Å². The molecule has 0 radical (unpaired) electrons. The van der Waals surface area contributed by atoms with Crippen molar-refractivity contribution in [3.05, 3.63) is 52.3 Å². The van der Waals surface area contributed by atoms with Crippen LogP contribution in [-0.2, 0) is 33.2 Å². The van der Waals surface area contributed by atoms with E-state index in [1.165, 1.54) is 28.8 Å². The third kappa shape index (κ3) is 4.46. The molecular formula is C21H19F6N5O2. The number of amides is 1. The number of hydrogen-bond acceptors (Lipinski definition) is 4. The zero-order valence-electron chi connectivity index (χ0n) is 18.3. The van der Waals surface area contributed by atoms with Crippen molar-refractivity contribution in [2.24, 2.45) is 14.1 Å². The monoisotopic (exact) mass is 487 g/mol. The molecule has 182 valence electrons. The summed E-state index contributed by atoms with van der Waals surface area (Å²) < 4.78 is 84.4. The van der Waals surface area contributed by atoms with Crippen LogP contribution in [0.15, 0.2) is 24.3 Å². The van der Waals surface area contributed by atoms with Gasteiger partial charge >= 0.3 is 12.5 Å². The Morgan fingerprint density at radius 2 is 1.74 bits per heavy atom. The molecule has 0 fully saturated rings. The predicted molar refractivity (Wildman–Crippen MR) is 107 cm³/mol. The normalized spacial score (nSPS) is 14.3. The van der Waals surface area contributed by atoms with Gasteiger partial charge in [0.1, 0.15) is 5.75 Å². The summed E-state index contributed by atoms with van der Waals surface area (Å²) in [5, 5.41) is 7.89. The molecule has 0 unspecified atom stereocenters. The Hall–Kier alpha value is -3.51. The molecule has 3 aromatic rings. The first kappa shape index (κ1) is 23.6. The van der Waals surface area contributed by atoms with Gasteiger partial charge in [0.2, 0.25) is 0 Å². The average molecular weight is 487 g/mol. The standard InChI is InChI=1S/C21H19F6N5O2/c1-11-4-5-13(16(8-11)34-21(25,26)27)19(33)32-7-6-12-14(10-32)28-31(3)18(12)15-9-17(20(22,23)24)29-30(15)2/h4-5,8-9H,6-7,10H2,1-3H3. The quantitative estimate of drug-likeness (QED) is 0.519. The van der Waals surface area contributed by atoms with E-state index in [4.69, 9.17) is 0 Å². The maximum atomic E-state index is 13.1. The molecule has 0 N–H and O–H groups in total. The molecule has 4 rings (SSSR count). The van der Waals surface area contributed by atoms with Gasteiger partial charge in [0.25, 0.3) is 5.91 Å². The Morgan fingerprint density at radius 1 is 1.03 bits per heavy atom. The smallest absolute Gasteiger partial charge is 0.405 e. The fourth-order valence-corrected chi connectivity index (χ4v) is 4.03. The van der Waals surface area contributed by atoms with E-state index in [1.54, 1.807) is 14.0 Å². The van der Waals surface area contributed by atoms with Crippen LogP contribution >= 0.6 is 0 Å². The molecule has 13 heteroatoms. The van der Waals surface area contributed by atoms with Gasteiger partial charge in [-0.1, -0.05) is 6.07 Å². The molecule has 1 aromatic carbocycles. The van der Waals surface area contributed by atoms with Crippen molar-refractivity contribution in [2.45, 2.75) is 32.4 Å².